The number of fused-ring (bicyclic) bond motifs is 1. The molecule has 5 nitrogen and oxygen atoms in total. The summed E-state index contributed by atoms with van der Waals surface area (Å²) < 4.78 is 0. The van der Waals surface area contributed by atoms with Crippen molar-refractivity contribution in [3.8, 4) is 0 Å². The van der Waals surface area contributed by atoms with Gasteiger partial charge in [-0.05, 0) is 30.0 Å². The van der Waals surface area contributed by atoms with E-state index in [4.69, 9.17) is 5.73 Å². The number of nitrogen functional groups attached to an aromatic ring is 1. The van der Waals surface area contributed by atoms with Crippen LogP contribution in [0.2, 0.25) is 0 Å². The fraction of sp³-hybridized carbons (Fsp3) is 0.312. The third-order valence-corrected chi connectivity index (χ3v) is 4.66. The molecule has 1 amide bonds. The van der Waals surface area contributed by atoms with E-state index in [-0.39, 0.29) is 17.1 Å². The molecular weight excluding hydrogens is 298 g/mol. The molecular formula is C16H17N3O2S. The molecule has 114 valence electrons. The van der Waals surface area contributed by atoms with Gasteiger partial charge in [0.05, 0.1) is 10.6 Å². The number of amides is 1. The number of carbonyl (C=O) groups excluding carboxylic acids is 2. The van der Waals surface area contributed by atoms with Gasteiger partial charge < -0.3 is 5.73 Å². The van der Waals surface area contributed by atoms with Crippen LogP contribution in [-0.2, 0) is 6.42 Å². The first-order valence-corrected chi connectivity index (χ1v) is 7.85. The van der Waals surface area contributed by atoms with Gasteiger partial charge in [-0.2, -0.15) is 0 Å². The number of ketones is 1. The molecule has 22 heavy (non-hydrogen) atoms. The second-order valence-corrected chi connectivity index (χ2v) is 7.31. The molecule has 3 N–H and O–H groups in total. The van der Waals surface area contributed by atoms with E-state index in [2.05, 4.69) is 24.1 Å². The van der Waals surface area contributed by atoms with E-state index in [1.807, 2.05) is 0 Å². The average molecular weight is 315 g/mol. The van der Waals surface area contributed by atoms with Crippen LogP contribution in [-0.4, -0.2) is 16.7 Å². The topological polar surface area (TPSA) is 85.1 Å². The highest BCUT2D eigenvalue weighted by molar-refractivity contribution is 7.17. The van der Waals surface area contributed by atoms with E-state index in [1.165, 1.54) is 11.3 Å². The summed E-state index contributed by atoms with van der Waals surface area (Å²) in [6.45, 7) is 4.11. The summed E-state index contributed by atoms with van der Waals surface area (Å²) in [5.74, 6) is -0.168. The number of carbonyl (C=O) groups is 2. The number of Topliss-reactive ketones (excluding diaryl/α,β-unsaturated/α-hetero) is 1. The van der Waals surface area contributed by atoms with Gasteiger partial charge in [0.1, 0.15) is 0 Å². The minimum Gasteiger partial charge on any atom is -0.399 e. The Balaban J connectivity index is 1.83. The zero-order valence-electron chi connectivity index (χ0n) is 12.5. The Kier molecular flexibility index (Phi) is 3.48. The summed E-state index contributed by atoms with van der Waals surface area (Å²) in [5.41, 5.74) is 7.39. The second kappa shape index (κ2) is 5.21. The lowest BCUT2D eigenvalue weighted by Gasteiger charge is -2.26. The van der Waals surface area contributed by atoms with Crippen molar-refractivity contribution in [1.82, 2.24) is 4.98 Å². The fourth-order valence-corrected chi connectivity index (χ4v) is 3.54. The van der Waals surface area contributed by atoms with Crippen LogP contribution in [0.4, 0.5) is 10.8 Å². The number of nitrogens with one attached hydrogen (secondary N) is 1. The van der Waals surface area contributed by atoms with E-state index < -0.39 is 0 Å². The van der Waals surface area contributed by atoms with E-state index in [0.717, 1.165) is 12.1 Å². The number of nitrogens with zero attached hydrogens (tertiary/aromatic N) is 1. The molecule has 0 saturated carbocycles. The van der Waals surface area contributed by atoms with Gasteiger partial charge in [0.25, 0.3) is 5.91 Å². The third-order valence-electron chi connectivity index (χ3n) is 3.60. The quantitative estimate of drug-likeness (QED) is 0.834. The maximum Gasteiger partial charge on any atom is 0.257 e. The molecule has 0 atom stereocenters. The molecule has 1 aliphatic rings. The van der Waals surface area contributed by atoms with Crippen LogP contribution in [0.5, 0.6) is 0 Å². The SMILES string of the molecule is CC1(C)CC(=O)c2sc(NC(=O)c3cccc(N)c3)nc2C1. The largest absolute Gasteiger partial charge is 0.399 e. The van der Waals surface area contributed by atoms with Crippen LogP contribution in [0.15, 0.2) is 24.3 Å². The van der Waals surface area contributed by atoms with E-state index in [0.29, 0.717) is 27.7 Å². The Hall–Kier alpha value is -2.21. The Morgan fingerprint density at radius 2 is 2.14 bits per heavy atom. The molecule has 0 radical (unpaired) electrons. The van der Waals surface area contributed by atoms with Crippen molar-refractivity contribution < 1.29 is 9.59 Å². The number of thiazole rings is 1. The van der Waals surface area contributed by atoms with Crippen molar-refractivity contribution in [3.05, 3.63) is 40.4 Å². The number of hydrogen-bond donors (Lipinski definition) is 2. The van der Waals surface area contributed by atoms with Crippen molar-refractivity contribution in [2.75, 3.05) is 11.1 Å². The molecule has 0 saturated heterocycles. The van der Waals surface area contributed by atoms with Gasteiger partial charge >= 0.3 is 0 Å². The van der Waals surface area contributed by atoms with Crippen LogP contribution in [0.3, 0.4) is 0 Å². The Labute approximate surface area is 132 Å². The van der Waals surface area contributed by atoms with Gasteiger partial charge in [0.2, 0.25) is 0 Å². The molecule has 0 aliphatic heterocycles. The van der Waals surface area contributed by atoms with Crippen LogP contribution in [0.1, 0.15) is 46.0 Å². The fourth-order valence-electron chi connectivity index (χ4n) is 2.62. The Morgan fingerprint density at radius 1 is 1.36 bits per heavy atom. The highest BCUT2D eigenvalue weighted by atomic mass is 32.1. The van der Waals surface area contributed by atoms with Crippen LogP contribution >= 0.6 is 11.3 Å². The lowest BCUT2D eigenvalue weighted by atomic mass is 9.78. The summed E-state index contributed by atoms with van der Waals surface area (Å²) in [6, 6.07) is 6.74. The molecule has 0 spiro atoms. The predicted molar refractivity (Wildman–Crippen MR) is 87.4 cm³/mol. The molecule has 2 aromatic rings. The van der Waals surface area contributed by atoms with Crippen molar-refractivity contribution in [3.63, 3.8) is 0 Å². The van der Waals surface area contributed by atoms with Crippen molar-refractivity contribution in [2.24, 2.45) is 5.41 Å². The summed E-state index contributed by atoms with van der Waals surface area (Å²) in [4.78, 5) is 29.4. The van der Waals surface area contributed by atoms with Gasteiger partial charge in [0, 0.05) is 17.7 Å². The first-order valence-electron chi connectivity index (χ1n) is 7.04. The van der Waals surface area contributed by atoms with Gasteiger partial charge in [-0.1, -0.05) is 31.3 Å². The van der Waals surface area contributed by atoms with Crippen molar-refractivity contribution >= 4 is 33.8 Å². The Morgan fingerprint density at radius 3 is 2.86 bits per heavy atom. The number of hydrogen-bond acceptors (Lipinski definition) is 5. The number of anilines is 2. The summed E-state index contributed by atoms with van der Waals surface area (Å²) in [6.07, 6.45) is 1.27. The van der Waals surface area contributed by atoms with Crippen LogP contribution in [0, 0.1) is 5.41 Å². The molecule has 1 aromatic heterocycles. The van der Waals surface area contributed by atoms with Crippen molar-refractivity contribution in [2.45, 2.75) is 26.7 Å². The summed E-state index contributed by atoms with van der Waals surface area (Å²) >= 11 is 1.25. The maximum absolute atomic E-state index is 12.2. The monoisotopic (exact) mass is 315 g/mol. The number of rotatable bonds is 2. The normalized spacial score (nSPS) is 16.2. The van der Waals surface area contributed by atoms with Crippen LogP contribution in [0.25, 0.3) is 0 Å². The lowest BCUT2D eigenvalue weighted by molar-refractivity contribution is 0.0915. The van der Waals surface area contributed by atoms with E-state index in [1.54, 1.807) is 24.3 Å². The third kappa shape index (κ3) is 2.87. The molecule has 6 heteroatoms. The molecule has 1 heterocycles. The number of nitrogens with two attached hydrogens (primary N) is 1. The molecule has 1 aromatic carbocycles. The molecule has 1 aliphatic carbocycles. The zero-order chi connectivity index (χ0) is 15.9. The minimum absolute atomic E-state index is 0.0761. The van der Waals surface area contributed by atoms with Gasteiger partial charge in [0.15, 0.2) is 10.9 Å². The standard InChI is InChI=1S/C16H17N3O2S/c1-16(2)7-11-13(12(20)8-16)22-15(18-11)19-14(21)9-4-3-5-10(17)6-9/h3-6H,7-8,17H2,1-2H3,(H,18,19,21). The first-order chi connectivity index (χ1) is 10.3. The lowest BCUT2D eigenvalue weighted by Crippen LogP contribution is -2.26. The summed E-state index contributed by atoms with van der Waals surface area (Å²) in [7, 11) is 0. The molecule has 0 bridgehead atoms. The zero-order valence-corrected chi connectivity index (χ0v) is 13.3. The van der Waals surface area contributed by atoms with E-state index >= 15 is 0 Å². The Bertz CT molecular complexity index is 765. The predicted octanol–water partition coefficient (Wildman–Crippen LogP) is 3.13. The van der Waals surface area contributed by atoms with Crippen LogP contribution < -0.4 is 11.1 Å². The summed E-state index contributed by atoms with van der Waals surface area (Å²) in [5, 5.41) is 3.21. The second-order valence-electron chi connectivity index (χ2n) is 6.32. The average Bonchev–Trinajstić information content (AvgIpc) is 2.80. The number of aromatic nitrogens is 1. The van der Waals surface area contributed by atoms with Gasteiger partial charge in [-0.25, -0.2) is 4.98 Å². The molecule has 0 unspecified atom stereocenters. The molecule has 3 rings (SSSR count). The highest BCUT2D eigenvalue weighted by Crippen LogP contribution is 2.38. The van der Waals surface area contributed by atoms with Gasteiger partial charge in [-0.3, -0.25) is 14.9 Å². The van der Waals surface area contributed by atoms with E-state index in [9.17, 15) is 9.59 Å². The molecule has 0 fully saturated rings. The smallest absolute Gasteiger partial charge is 0.257 e. The minimum atomic E-state index is -0.273. The first kappa shape index (κ1) is 14.7. The van der Waals surface area contributed by atoms with Crippen molar-refractivity contribution in [1.29, 1.82) is 0 Å². The van der Waals surface area contributed by atoms with Gasteiger partial charge in [-0.15, -0.1) is 0 Å². The number of benzene rings is 1. The highest BCUT2D eigenvalue weighted by Gasteiger charge is 2.34. The maximum atomic E-state index is 12.2.